The minimum Gasteiger partial charge on any atom is -0.456 e. The summed E-state index contributed by atoms with van der Waals surface area (Å²) in [4.78, 5) is 0. The zero-order valence-corrected chi connectivity index (χ0v) is 24.8. The van der Waals surface area contributed by atoms with Crippen molar-refractivity contribution in [2.45, 2.75) is 0 Å². The van der Waals surface area contributed by atoms with Gasteiger partial charge >= 0.3 is 0 Å². The number of para-hydroxylation sites is 2. The Morgan fingerprint density at radius 2 is 0.870 bits per heavy atom. The van der Waals surface area contributed by atoms with Crippen LogP contribution in [0.4, 0.5) is 0 Å². The lowest BCUT2D eigenvalue weighted by molar-refractivity contribution is 0.669. The van der Waals surface area contributed by atoms with Gasteiger partial charge in [-0.3, -0.25) is 0 Å². The Morgan fingerprint density at radius 1 is 0.304 bits per heavy atom. The molecule has 0 saturated carbocycles. The van der Waals surface area contributed by atoms with E-state index in [0.29, 0.717) is 0 Å². The first-order chi connectivity index (χ1) is 22.8. The van der Waals surface area contributed by atoms with Crippen molar-refractivity contribution in [3.63, 3.8) is 0 Å². The number of benzene rings is 8. The van der Waals surface area contributed by atoms with Crippen molar-refractivity contribution in [3.8, 4) is 33.4 Å². The molecule has 0 unspecified atom stereocenters. The summed E-state index contributed by atoms with van der Waals surface area (Å²) in [6, 6.07) is 56.1. The number of fused-ring (bicyclic) bond motifs is 8. The molecule has 0 N–H and O–H groups in total. The van der Waals surface area contributed by atoms with Gasteiger partial charge in [-0.25, -0.2) is 0 Å². The summed E-state index contributed by atoms with van der Waals surface area (Å²) < 4.78 is 13.1. The molecule has 214 valence electrons. The van der Waals surface area contributed by atoms with Crippen molar-refractivity contribution >= 4 is 65.4 Å². The van der Waals surface area contributed by atoms with E-state index in [1.54, 1.807) is 0 Å². The van der Waals surface area contributed by atoms with Crippen LogP contribution in [0.2, 0.25) is 0 Å². The molecule has 0 aliphatic rings. The molecule has 46 heavy (non-hydrogen) atoms. The average molecular weight is 587 g/mol. The number of rotatable bonds is 3. The van der Waals surface area contributed by atoms with Gasteiger partial charge in [0, 0.05) is 32.7 Å². The fraction of sp³-hybridized carbons (Fsp3) is 0. The van der Waals surface area contributed by atoms with Gasteiger partial charge in [-0.2, -0.15) is 0 Å². The third-order valence-electron chi connectivity index (χ3n) is 9.46. The van der Waals surface area contributed by atoms with Gasteiger partial charge in [-0.15, -0.1) is 0 Å². The highest BCUT2D eigenvalue weighted by atomic mass is 16.3. The summed E-state index contributed by atoms with van der Waals surface area (Å²) in [5, 5.41) is 9.33. The predicted molar refractivity (Wildman–Crippen MR) is 192 cm³/mol. The van der Waals surface area contributed by atoms with E-state index in [2.05, 4.69) is 140 Å². The molecule has 0 spiro atoms. The maximum absolute atomic E-state index is 6.78. The molecule has 10 aromatic rings. The maximum Gasteiger partial charge on any atom is 0.144 e. The van der Waals surface area contributed by atoms with Gasteiger partial charge < -0.3 is 8.83 Å². The molecule has 10 rings (SSSR count). The zero-order valence-electron chi connectivity index (χ0n) is 24.8. The fourth-order valence-corrected chi connectivity index (χ4v) is 7.31. The molecule has 8 aromatic carbocycles. The first-order valence-corrected chi connectivity index (χ1v) is 15.7. The number of furan rings is 2. The second-order valence-corrected chi connectivity index (χ2v) is 12.0. The highest BCUT2D eigenvalue weighted by Crippen LogP contribution is 2.48. The smallest absolute Gasteiger partial charge is 0.144 e. The normalized spacial score (nSPS) is 11.9. The van der Waals surface area contributed by atoms with Crippen LogP contribution < -0.4 is 0 Å². The topological polar surface area (TPSA) is 26.3 Å². The van der Waals surface area contributed by atoms with Crippen LogP contribution in [0.25, 0.3) is 98.8 Å². The predicted octanol–water partition coefficient (Wildman–Crippen LogP) is 12.8. The van der Waals surface area contributed by atoms with Crippen LogP contribution in [0, 0.1) is 0 Å². The van der Waals surface area contributed by atoms with E-state index in [4.69, 9.17) is 8.83 Å². The lowest BCUT2D eigenvalue weighted by Gasteiger charge is -2.15. The Bertz CT molecular complexity index is 2790. The molecule has 0 saturated heterocycles. The molecule has 0 fully saturated rings. The van der Waals surface area contributed by atoms with Gasteiger partial charge in [0.25, 0.3) is 0 Å². The van der Waals surface area contributed by atoms with Crippen molar-refractivity contribution in [1.82, 2.24) is 0 Å². The monoisotopic (exact) mass is 586 g/mol. The Labute approximate surface area is 264 Å². The van der Waals surface area contributed by atoms with Gasteiger partial charge in [0.05, 0.1) is 0 Å². The number of hydrogen-bond acceptors (Lipinski definition) is 2. The Hall–Kier alpha value is -6.12. The van der Waals surface area contributed by atoms with Crippen LogP contribution in [0.15, 0.2) is 167 Å². The molecule has 0 amide bonds. The van der Waals surface area contributed by atoms with Gasteiger partial charge in [0.15, 0.2) is 0 Å². The van der Waals surface area contributed by atoms with E-state index in [1.807, 2.05) is 18.2 Å². The van der Waals surface area contributed by atoms with Crippen molar-refractivity contribution in [2.75, 3.05) is 0 Å². The largest absolute Gasteiger partial charge is 0.456 e. The van der Waals surface area contributed by atoms with E-state index in [-0.39, 0.29) is 0 Å². The first-order valence-electron chi connectivity index (χ1n) is 15.7. The lowest BCUT2D eigenvalue weighted by Crippen LogP contribution is -1.89. The van der Waals surface area contributed by atoms with E-state index in [9.17, 15) is 0 Å². The van der Waals surface area contributed by atoms with E-state index in [1.165, 1.54) is 27.3 Å². The SMILES string of the molecule is c1ccc2cc(-c3ccc(-c4c5ccccc5c(-c5ccc6c(c5)oc5ccccc56)c5c4oc4ccccc45)cc3)ccc2c1. The molecule has 0 aliphatic heterocycles. The van der Waals surface area contributed by atoms with Crippen molar-refractivity contribution in [2.24, 2.45) is 0 Å². The lowest BCUT2D eigenvalue weighted by atomic mass is 9.87. The van der Waals surface area contributed by atoms with Crippen molar-refractivity contribution in [3.05, 3.63) is 158 Å². The third-order valence-corrected chi connectivity index (χ3v) is 9.46. The summed E-state index contributed by atoms with van der Waals surface area (Å²) in [5.41, 5.74) is 10.5. The Kier molecular flexibility index (Phi) is 5.31. The summed E-state index contributed by atoms with van der Waals surface area (Å²) in [6.07, 6.45) is 0. The van der Waals surface area contributed by atoms with Crippen LogP contribution in [-0.4, -0.2) is 0 Å². The van der Waals surface area contributed by atoms with Crippen LogP contribution >= 0.6 is 0 Å². The summed E-state index contributed by atoms with van der Waals surface area (Å²) >= 11 is 0. The molecule has 2 heteroatoms. The van der Waals surface area contributed by atoms with Gasteiger partial charge in [-0.05, 0) is 74.1 Å². The summed E-state index contributed by atoms with van der Waals surface area (Å²) in [7, 11) is 0. The molecular weight excluding hydrogens is 560 g/mol. The van der Waals surface area contributed by atoms with Crippen LogP contribution in [0.3, 0.4) is 0 Å². The highest BCUT2D eigenvalue weighted by Gasteiger charge is 2.22. The molecule has 0 aliphatic carbocycles. The molecular formula is C44H26O2. The fourth-order valence-electron chi connectivity index (χ4n) is 7.31. The summed E-state index contributed by atoms with van der Waals surface area (Å²) in [6.45, 7) is 0. The highest BCUT2D eigenvalue weighted by molar-refractivity contribution is 6.27. The molecule has 0 bridgehead atoms. The third kappa shape index (κ3) is 3.71. The minimum atomic E-state index is 0.882. The summed E-state index contributed by atoms with van der Waals surface area (Å²) in [5.74, 6) is 0. The molecule has 2 nitrogen and oxygen atoms in total. The van der Waals surface area contributed by atoms with Crippen LogP contribution in [0.1, 0.15) is 0 Å². The molecule has 2 heterocycles. The van der Waals surface area contributed by atoms with E-state index in [0.717, 1.165) is 71.5 Å². The first kappa shape index (κ1) is 25.2. The second-order valence-electron chi connectivity index (χ2n) is 12.0. The second kappa shape index (κ2) is 9.69. The zero-order chi connectivity index (χ0) is 30.2. The van der Waals surface area contributed by atoms with Crippen molar-refractivity contribution < 1.29 is 8.83 Å². The maximum atomic E-state index is 6.78. The molecule has 2 aromatic heterocycles. The average Bonchev–Trinajstić information content (AvgIpc) is 3.68. The standard InChI is InChI=1S/C44H26O2/c1-2-10-30-25-31(22-19-27(30)9-1)28-17-20-29(21-18-28)42-36-13-4-3-12-35(36)41(43-37-14-6-8-16-39(37)46-44(42)43)32-23-24-34-33-11-5-7-15-38(33)45-40(34)26-32/h1-26H. The van der Waals surface area contributed by atoms with E-state index < -0.39 is 0 Å². The van der Waals surface area contributed by atoms with Gasteiger partial charge in [-0.1, -0.05) is 127 Å². The molecule has 0 atom stereocenters. The Morgan fingerprint density at radius 3 is 1.67 bits per heavy atom. The minimum absolute atomic E-state index is 0.882. The Balaban J connectivity index is 1.23. The van der Waals surface area contributed by atoms with E-state index >= 15 is 0 Å². The molecule has 0 radical (unpaired) electrons. The van der Waals surface area contributed by atoms with Gasteiger partial charge in [0.2, 0.25) is 0 Å². The number of hydrogen-bond donors (Lipinski definition) is 0. The van der Waals surface area contributed by atoms with Crippen molar-refractivity contribution in [1.29, 1.82) is 0 Å². The van der Waals surface area contributed by atoms with Gasteiger partial charge in [0.1, 0.15) is 22.3 Å². The quantitative estimate of drug-likeness (QED) is 0.206. The van der Waals surface area contributed by atoms with Crippen LogP contribution in [0.5, 0.6) is 0 Å². The van der Waals surface area contributed by atoms with Crippen LogP contribution in [-0.2, 0) is 0 Å².